The maximum Gasteiger partial charge on any atom is 0.151 e. The number of aromatic nitrogens is 5. The molecule has 3 N–H and O–H groups in total. The summed E-state index contributed by atoms with van der Waals surface area (Å²) in [6.07, 6.45) is 8.60. The number of nitrogens with one attached hydrogen (secondary N) is 3. The van der Waals surface area contributed by atoms with Crippen LogP contribution in [0.2, 0.25) is 0 Å². The van der Waals surface area contributed by atoms with Gasteiger partial charge in [-0.25, -0.2) is 4.98 Å². The molecule has 29 heavy (non-hydrogen) atoms. The number of hydrogen-bond acceptors (Lipinski definition) is 7. The predicted octanol–water partition coefficient (Wildman–Crippen LogP) is 2.69. The van der Waals surface area contributed by atoms with Crippen molar-refractivity contribution >= 4 is 11.6 Å². The van der Waals surface area contributed by atoms with E-state index in [1.807, 2.05) is 31.4 Å². The van der Waals surface area contributed by atoms with E-state index < -0.39 is 0 Å². The lowest BCUT2D eigenvalue weighted by atomic mass is 9.98. The van der Waals surface area contributed by atoms with Crippen LogP contribution >= 0.6 is 0 Å². The molecule has 2 fully saturated rings. The SMILES string of the molecule is CNc1nc(-c2ccc(N(C)C3C[C@H]4CC[C@@H](C3)N4)nn2)ccc1-c1cn[nH]c1. The number of hydrogen-bond donors (Lipinski definition) is 3. The summed E-state index contributed by atoms with van der Waals surface area (Å²) in [6, 6.07) is 9.91. The Morgan fingerprint density at radius 2 is 1.83 bits per heavy atom. The topological polar surface area (TPSA) is 94.7 Å². The van der Waals surface area contributed by atoms with Crippen LogP contribution in [-0.4, -0.2) is 57.6 Å². The van der Waals surface area contributed by atoms with Gasteiger partial charge in [0.2, 0.25) is 0 Å². The summed E-state index contributed by atoms with van der Waals surface area (Å²) < 4.78 is 0. The van der Waals surface area contributed by atoms with E-state index in [-0.39, 0.29) is 0 Å². The van der Waals surface area contributed by atoms with Gasteiger partial charge in [-0.2, -0.15) is 5.10 Å². The first-order chi connectivity index (χ1) is 14.2. The standard InChI is InChI=1S/C21H26N8/c1-22-21-17(13-11-23-24-12-13)5-6-18(26-21)19-7-8-20(28-27-19)29(2)16-9-14-3-4-15(10-16)25-14/h5-8,11-12,14-16,25H,3-4,9-10H2,1-2H3,(H,22,26)(H,23,24)/t14-,15+,16?. The van der Waals surface area contributed by atoms with E-state index in [0.29, 0.717) is 18.1 Å². The lowest BCUT2D eigenvalue weighted by Gasteiger charge is -2.36. The number of nitrogens with zero attached hydrogens (tertiary/aromatic N) is 5. The highest BCUT2D eigenvalue weighted by Crippen LogP contribution is 2.32. The van der Waals surface area contributed by atoms with Crippen molar-refractivity contribution in [2.75, 3.05) is 24.3 Å². The van der Waals surface area contributed by atoms with Crippen LogP contribution in [0.15, 0.2) is 36.7 Å². The molecule has 8 nitrogen and oxygen atoms in total. The third-order valence-electron chi connectivity index (χ3n) is 6.21. The average molecular weight is 390 g/mol. The Morgan fingerprint density at radius 1 is 1.03 bits per heavy atom. The van der Waals surface area contributed by atoms with Gasteiger partial charge in [0.05, 0.1) is 11.9 Å². The van der Waals surface area contributed by atoms with Crippen molar-refractivity contribution in [3.8, 4) is 22.5 Å². The van der Waals surface area contributed by atoms with Gasteiger partial charge >= 0.3 is 0 Å². The van der Waals surface area contributed by atoms with Crippen LogP contribution in [0.1, 0.15) is 25.7 Å². The largest absolute Gasteiger partial charge is 0.373 e. The maximum absolute atomic E-state index is 4.73. The summed E-state index contributed by atoms with van der Waals surface area (Å²) in [5, 5.41) is 22.7. The smallest absolute Gasteiger partial charge is 0.151 e. The molecule has 0 saturated carbocycles. The number of pyridine rings is 1. The Bertz CT molecular complexity index is 957. The lowest BCUT2D eigenvalue weighted by molar-refractivity contribution is 0.353. The number of H-pyrrole nitrogens is 1. The molecule has 0 aromatic carbocycles. The Kier molecular flexibility index (Phi) is 4.63. The molecule has 0 radical (unpaired) electrons. The third kappa shape index (κ3) is 3.44. The van der Waals surface area contributed by atoms with Gasteiger partial charge in [-0.15, -0.1) is 10.2 Å². The van der Waals surface area contributed by atoms with Crippen LogP contribution in [0.3, 0.4) is 0 Å². The summed E-state index contributed by atoms with van der Waals surface area (Å²) >= 11 is 0. The zero-order chi connectivity index (χ0) is 19.8. The maximum atomic E-state index is 4.73. The normalized spacial score (nSPS) is 23.2. The van der Waals surface area contributed by atoms with E-state index in [1.165, 1.54) is 25.7 Å². The summed E-state index contributed by atoms with van der Waals surface area (Å²) in [5.74, 6) is 1.71. The molecular formula is C21H26N8. The quantitative estimate of drug-likeness (QED) is 0.616. The number of fused-ring (bicyclic) bond motifs is 2. The van der Waals surface area contributed by atoms with Gasteiger partial charge in [-0.1, -0.05) is 0 Å². The highest BCUT2D eigenvalue weighted by molar-refractivity contribution is 5.76. The van der Waals surface area contributed by atoms with Gasteiger partial charge in [0.25, 0.3) is 0 Å². The van der Waals surface area contributed by atoms with Crippen molar-refractivity contribution in [1.82, 2.24) is 30.7 Å². The van der Waals surface area contributed by atoms with Crippen LogP contribution in [0.5, 0.6) is 0 Å². The van der Waals surface area contributed by atoms with Crippen LogP contribution in [-0.2, 0) is 0 Å². The minimum Gasteiger partial charge on any atom is -0.373 e. The summed E-state index contributed by atoms with van der Waals surface area (Å²) in [5.41, 5.74) is 3.55. The molecule has 0 aliphatic carbocycles. The van der Waals surface area contributed by atoms with Crippen molar-refractivity contribution in [2.45, 2.75) is 43.8 Å². The van der Waals surface area contributed by atoms with Gasteiger partial charge in [0.15, 0.2) is 5.82 Å². The fourth-order valence-corrected chi connectivity index (χ4v) is 4.60. The second-order valence-corrected chi connectivity index (χ2v) is 7.98. The fraction of sp³-hybridized carbons (Fsp3) is 0.429. The van der Waals surface area contributed by atoms with E-state index in [1.54, 1.807) is 6.20 Å². The fourth-order valence-electron chi connectivity index (χ4n) is 4.60. The van der Waals surface area contributed by atoms with E-state index in [9.17, 15) is 0 Å². The molecule has 150 valence electrons. The van der Waals surface area contributed by atoms with Gasteiger partial charge < -0.3 is 15.5 Å². The second-order valence-electron chi connectivity index (χ2n) is 7.98. The zero-order valence-corrected chi connectivity index (χ0v) is 16.8. The molecule has 3 atom stereocenters. The Balaban J connectivity index is 1.36. The van der Waals surface area contributed by atoms with Gasteiger partial charge in [-0.3, -0.25) is 5.10 Å². The number of anilines is 2. The molecule has 5 heterocycles. The van der Waals surface area contributed by atoms with Crippen molar-refractivity contribution < 1.29 is 0 Å². The molecule has 0 spiro atoms. The molecule has 5 rings (SSSR count). The third-order valence-corrected chi connectivity index (χ3v) is 6.21. The number of rotatable bonds is 5. The minimum atomic E-state index is 0.525. The molecular weight excluding hydrogens is 364 g/mol. The van der Waals surface area contributed by atoms with Crippen LogP contribution < -0.4 is 15.5 Å². The Morgan fingerprint density at radius 3 is 2.48 bits per heavy atom. The van der Waals surface area contributed by atoms with E-state index in [4.69, 9.17) is 4.98 Å². The van der Waals surface area contributed by atoms with E-state index >= 15 is 0 Å². The molecule has 0 amide bonds. The van der Waals surface area contributed by atoms with Crippen LogP contribution in [0.4, 0.5) is 11.6 Å². The van der Waals surface area contributed by atoms with Crippen LogP contribution in [0.25, 0.3) is 22.5 Å². The Labute approximate surface area is 170 Å². The first-order valence-corrected chi connectivity index (χ1v) is 10.2. The molecule has 8 heteroatoms. The zero-order valence-electron chi connectivity index (χ0n) is 16.8. The number of piperidine rings is 1. The summed E-state index contributed by atoms with van der Waals surface area (Å²) in [6.45, 7) is 0. The minimum absolute atomic E-state index is 0.525. The second kappa shape index (κ2) is 7.44. The molecule has 3 aromatic rings. The Hall–Kier alpha value is -3.00. The molecule has 2 aliphatic rings. The first kappa shape index (κ1) is 18.1. The van der Waals surface area contributed by atoms with Crippen molar-refractivity contribution in [3.05, 3.63) is 36.7 Å². The van der Waals surface area contributed by atoms with Crippen molar-refractivity contribution in [1.29, 1.82) is 0 Å². The lowest BCUT2D eigenvalue weighted by Crippen LogP contribution is -2.47. The van der Waals surface area contributed by atoms with Crippen molar-refractivity contribution in [3.63, 3.8) is 0 Å². The molecule has 1 unspecified atom stereocenters. The predicted molar refractivity (Wildman–Crippen MR) is 114 cm³/mol. The monoisotopic (exact) mass is 390 g/mol. The molecule has 3 aromatic heterocycles. The van der Waals surface area contributed by atoms with Gasteiger partial charge in [-0.05, 0) is 49.9 Å². The van der Waals surface area contributed by atoms with Crippen molar-refractivity contribution in [2.24, 2.45) is 0 Å². The first-order valence-electron chi connectivity index (χ1n) is 10.2. The number of aromatic amines is 1. The summed E-state index contributed by atoms with van der Waals surface area (Å²) in [7, 11) is 4.00. The highest BCUT2D eigenvalue weighted by Gasteiger charge is 2.35. The van der Waals surface area contributed by atoms with Gasteiger partial charge in [0, 0.05) is 49.5 Å². The van der Waals surface area contributed by atoms with E-state index in [2.05, 4.69) is 49.0 Å². The van der Waals surface area contributed by atoms with Crippen LogP contribution in [0, 0.1) is 0 Å². The summed E-state index contributed by atoms with van der Waals surface area (Å²) in [4.78, 5) is 7.02. The highest BCUT2D eigenvalue weighted by atomic mass is 15.3. The van der Waals surface area contributed by atoms with Gasteiger partial charge in [0.1, 0.15) is 11.5 Å². The average Bonchev–Trinajstić information content (AvgIpc) is 3.42. The molecule has 2 bridgehead atoms. The molecule has 2 saturated heterocycles. The van der Waals surface area contributed by atoms with E-state index in [0.717, 1.165) is 34.2 Å². The molecule has 2 aliphatic heterocycles.